The van der Waals surface area contributed by atoms with Gasteiger partial charge in [0.25, 0.3) is 0 Å². The van der Waals surface area contributed by atoms with E-state index in [9.17, 15) is 0 Å². The summed E-state index contributed by atoms with van der Waals surface area (Å²) >= 11 is 7.11. The summed E-state index contributed by atoms with van der Waals surface area (Å²) in [4.78, 5) is 0. The first-order valence-corrected chi connectivity index (χ1v) is 9.67. The maximum Gasteiger partial charge on any atom is 0.138 e. The molecular formula is C18H24Br2N2O. The summed E-state index contributed by atoms with van der Waals surface area (Å²) in [7, 11) is 0. The van der Waals surface area contributed by atoms with Gasteiger partial charge in [-0.15, -0.1) is 0 Å². The molecule has 1 unspecified atom stereocenters. The van der Waals surface area contributed by atoms with Crippen LogP contribution in [0.2, 0.25) is 0 Å². The van der Waals surface area contributed by atoms with Gasteiger partial charge >= 0.3 is 0 Å². The Morgan fingerprint density at radius 3 is 2.83 bits per heavy atom. The van der Waals surface area contributed by atoms with Crippen LogP contribution in [0.1, 0.15) is 25.3 Å². The fourth-order valence-electron chi connectivity index (χ4n) is 2.51. The van der Waals surface area contributed by atoms with Crippen LogP contribution in [0.4, 0.5) is 0 Å². The quantitative estimate of drug-likeness (QED) is 0.548. The van der Waals surface area contributed by atoms with Gasteiger partial charge in [0.2, 0.25) is 0 Å². The largest absolute Gasteiger partial charge is 0.492 e. The molecule has 2 rings (SSSR count). The van der Waals surface area contributed by atoms with Gasteiger partial charge in [-0.3, -0.25) is 0 Å². The number of ether oxygens (including phenoxy) is 1. The summed E-state index contributed by atoms with van der Waals surface area (Å²) in [5, 5.41) is 7.05. The number of hydrogen-bond donors (Lipinski definition) is 2. The first kappa shape index (κ1) is 18.7. The Morgan fingerprint density at radius 1 is 1.22 bits per heavy atom. The third-order valence-electron chi connectivity index (χ3n) is 3.61. The molecule has 0 saturated carbocycles. The molecule has 3 nitrogen and oxygen atoms in total. The van der Waals surface area contributed by atoms with Crippen molar-refractivity contribution in [1.29, 1.82) is 0 Å². The second-order valence-corrected chi connectivity index (χ2v) is 7.22. The van der Waals surface area contributed by atoms with Crippen molar-refractivity contribution >= 4 is 31.9 Å². The molecule has 0 spiro atoms. The van der Waals surface area contributed by atoms with Crippen molar-refractivity contribution in [1.82, 2.24) is 10.6 Å². The average molecular weight is 444 g/mol. The molecule has 0 bridgehead atoms. The highest BCUT2D eigenvalue weighted by Crippen LogP contribution is 2.32. The predicted molar refractivity (Wildman–Crippen MR) is 104 cm³/mol. The van der Waals surface area contributed by atoms with Crippen LogP contribution in [0.15, 0.2) is 45.4 Å². The number of hydrogen-bond acceptors (Lipinski definition) is 3. The minimum Gasteiger partial charge on any atom is -0.492 e. The maximum atomic E-state index is 5.75. The Kier molecular flexibility index (Phi) is 8.37. The summed E-state index contributed by atoms with van der Waals surface area (Å²) in [5.74, 6) is 0.931. The summed E-state index contributed by atoms with van der Waals surface area (Å²) in [6.07, 6.45) is 10.8. The predicted octanol–water partition coefficient (Wildman–Crippen LogP) is 4.56. The van der Waals surface area contributed by atoms with E-state index in [-0.39, 0.29) is 0 Å². The minimum absolute atomic E-state index is 0.491. The van der Waals surface area contributed by atoms with E-state index >= 15 is 0 Å². The zero-order valence-corrected chi connectivity index (χ0v) is 16.6. The SMILES string of the molecule is CCOc1c(Br)cc(Br)cc1CNCCCNC1C=CC=CC1. The normalized spacial score (nSPS) is 16.7. The topological polar surface area (TPSA) is 33.3 Å². The molecule has 0 fully saturated rings. The molecule has 0 amide bonds. The number of benzene rings is 1. The Balaban J connectivity index is 1.71. The molecule has 0 heterocycles. The first-order chi connectivity index (χ1) is 11.2. The lowest BCUT2D eigenvalue weighted by atomic mass is 10.1. The minimum atomic E-state index is 0.491. The van der Waals surface area contributed by atoms with Gasteiger partial charge in [0, 0.05) is 22.6 Å². The lowest BCUT2D eigenvalue weighted by Crippen LogP contribution is -2.30. The van der Waals surface area contributed by atoms with Gasteiger partial charge in [0.15, 0.2) is 0 Å². The van der Waals surface area contributed by atoms with Crippen LogP contribution in [0.5, 0.6) is 5.75 Å². The molecule has 126 valence electrons. The Hall–Kier alpha value is -0.620. The molecule has 1 aliphatic carbocycles. The third kappa shape index (κ3) is 6.42. The molecule has 1 atom stereocenters. The smallest absolute Gasteiger partial charge is 0.138 e. The van der Waals surface area contributed by atoms with E-state index in [1.165, 1.54) is 5.56 Å². The van der Waals surface area contributed by atoms with E-state index < -0.39 is 0 Å². The van der Waals surface area contributed by atoms with Gasteiger partial charge in [0.05, 0.1) is 11.1 Å². The zero-order valence-electron chi connectivity index (χ0n) is 13.4. The average Bonchev–Trinajstić information content (AvgIpc) is 2.54. The highest BCUT2D eigenvalue weighted by Gasteiger charge is 2.09. The van der Waals surface area contributed by atoms with E-state index in [4.69, 9.17) is 4.74 Å². The molecule has 5 heteroatoms. The van der Waals surface area contributed by atoms with Crippen molar-refractivity contribution in [3.8, 4) is 5.75 Å². The van der Waals surface area contributed by atoms with E-state index in [0.29, 0.717) is 12.6 Å². The maximum absolute atomic E-state index is 5.75. The molecule has 1 aliphatic rings. The first-order valence-electron chi connectivity index (χ1n) is 8.09. The molecule has 2 N–H and O–H groups in total. The molecular weight excluding hydrogens is 420 g/mol. The highest BCUT2D eigenvalue weighted by molar-refractivity contribution is 9.11. The van der Waals surface area contributed by atoms with Gasteiger partial charge in [-0.25, -0.2) is 0 Å². The Labute approximate surface area is 155 Å². The van der Waals surface area contributed by atoms with E-state index in [2.05, 4.69) is 72.9 Å². The van der Waals surface area contributed by atoms with Gasteiger partial charge in [-0.05, 0) is 60.9 Å². The van der Waals surface area contributed by atoms with Crippen LogP contribution < -0.4 is 15.4 Å². The second-order valence-electron chi connectivity index (χ2n) is 5.45. The van der Waals surface area contributed by atoms with Crippen LogP contribution in [-0.4, -0.2) is 25.7 Å². The molecule has 23 heavy (non-hydrogen) atoms. The van der Waals surface area contributed by atoms with Gasteiger partial charge < -0.3 is 15.4 Å². The lowest BCUT2D eigenvalue weighted by molar-refractivity contribution is 0.333. The second kappa shape index (κ2) is 10.3. The molecule has 1 aromatic rings. The van der Waals surface area contributed by atoms with Gasteiger partial charge in [-0.2, -0.15) is 0 Å². The van der Waals surface area contributed by atoms with Crippen molar-refractivity contribution in [3.63, 3.8) is 0 Å². The highest BCUT2D eigenvalue weighted by atomic mass is 79.9. The van der Waals surface area contributed by atoms with Gasteiger partial charge in [0.1, 0.15) is 5.75 Å². The number of halogens is 2. The van der Waals surface area contributed by atoms with Crippen molar-refractivity contribution in [3.05, 3.63) is 50.9 Å². The van der Waals surface area contributed by atoms with E-state index in [1.807, 2.05) is 13.0 Å². The van der Waals surface area contributed by atoms with Crippen molar-refractivity contribution in [2.24, 2.45) is 0 Å². The van der Waals surface area contributed by atoms with Crippen LogP contribution in [0.25, 0.3) is 0 Å². The monoisotopic (exact) mass is 442 g/mol. The molecule has 0 aliphatic heterocycles. The summed E-state index contributed by atoms with van der Waals surface area (Å²) in [5.41, 5.74) is 1.17. The third-order valence-corrected chi connectivity index (χ3v) is 4.65. The van der Waals surface area contributed by atoms with Crippen molar-refractivity contribution in [2.75, 3.05) is 19.7 Å². The Morgan fingerprint density at radius 2 is 2.09 bits per heavy atom. The van der Waals surface area contributed by atoms with E-state index in [0.717, 1.165) is 47.2 Å². The van der Waals surface area contributed by atoms with Gasteiger partial charge in [-0.1, -0.05) is 40.2 Å². The fourth-order valence-corrected chi connectivity index (χ4v) is 3.93. The molecule has 0 saturated heterocycles. The number of allylic oxidation sites excluding steroid dienone is 2. The zero-order chi connectivity index (χ0) is 16.5. The van der Waals surface area contributed by atoms with Crippen LogP contribution >= 0.6 is 31.9 Å². The van der Waals surface area contributed by atoms with Crippen LogP contribution in [0.3, 0.4) is 0 Å². The molecule has 0 radical (unpaired) electrons. The lowest BCUT2D eigenvalue weighted by Gasteiger charge is -2.16. The number of rotatable bonds is 9. The fraction of sp³-hybridized carbons (Fsp3) is 0.444. The standard InChI is InChI=1S/C18H24Br2N2O/c1-2-23-18-14(11-15(19)12-17(18)20)13-21-9-6-10-22-16-7-4-3-5-8-16/h3-5,7,11-12,16,21-22H,2,6,8-10,13H2,1H3. The summed E-state index contributed by atoms with van der Waals surface area (Å²) in [6, 6.07) is 4.62. The molecule has 1 aromatic carbocycles. The summed E-state index contributed by atoms with van der Waals surface area (Å²) < 4.78 is 7.80. The summed E-state index contributed by atoms with van der Waals surface area (Å²) in [6.45, 7) is 5.48. The van der Waals surface area contributed by atoms with E-state index in [1.54, 1.807) is 0 Å². The number of nitrogens with one attached hydrogen (secondary N) is 2. The molecule has 0 aromatic heterocycles. The Bertz CT molecular complexity index is 558. The van der Waals surface area contributed by atoms with Crippen molar-refractivity contribution < 1.29 is 4.74 Å². The van der Waals surface area contributed by atoms with Crippen LogP contribution in [0, 0.1) is 0 Å². The van der Waals surface area contributed by atoms with Crippen LogP contribution in [-0.2, 0) is 6.54 Å². The van der Waals surface area contributed by atoms with Crippen molar-refractivity contribution in [2.45, 2.75) is 32.4 Å².